The first-order valence-electron chi connectivity index (χ1n) is 6.39. The molecule has 0 unspecified atom stereocenters. The highest BCUT2D eigenvalue weighted by molar-refractivity contribution is 6.33. The Hall–Kier alpha value is -1.60. The Labute approximate surface area is 121 Å². The van der Waals surface area contributed by atoms with Gasteiger partial charge in [-0.1, -0.05) is 11.6 Å². The maximum Gasteiger partial charge on any atom is 0.287 e. The van der Waals surface area contributed by atoms with Crippen molar-refractivity contribution in [2.45, 2.75) is 25.4 Å². The summed E-state index contributed by atoms with van der Waals surface area (Å²) in [5, 5.41) is 9.65. The van der Waals surface area contributed by atoms with Gasteiger partial charge in [-0.2, -0.15) is 5.10 Å². The van der Waals surface area contributed by atoms with E-state index in [1.807, 2.05) is 0 Å². The van der Waals surface area contributed by atoms with E-state index in [1.54, 1.807) is 7.11 Å². The van der Waals surface area contributed by atoms with Gasteiger partial charge in [0.2, 0.25) is 5.91 Å². The first-order chi connectivity index (χ1) is 9.61. The van der Waals surface area contributed by atoms with Crippen molar-refractivity contribution in [2.24, 2.45) is 0 Å². The van der Waals surface area contributed by atoms with Crippen LogP contribution in [0.25, 0.3) is 0 Å². The third-order valence-electron chi connectivity index (χ3n) is 2.87. The molecule has 2 N–H and O–H groups in total. The van der Waals surface area contributed by atoms with Gasteiger partial charge in [0, 0.05) is 13.2 Å². The van der Waals surface area contributed by atoms with Crippen LogP contribution in [-0.4, -0.2) is 42.0 Å². The van der Waals surface area contributed by atoms with Crippen LogP contribution in [0.15, 0.2) is 11.0 Å². The van der Waals surface area contributed by atoms with Gasteiger partial charge >= 0.3 is 0 Å². The van der Waals surface area contributed by atoms with Crippen molar-refractivity contribution in [1.82, 2.24) is 15.1 Å². The number of aromatic nitrogens is 2. The summed E-state index contributed by atoms with van der Waals surface area (Å²) in [6, 6.07) is 0.306. The van der Waals surface area contributed by atoms with Crippen LogP contribution in [0.3, 0.4) is 0 Å². The van der Waals surface area contributed by atoms with E-state index >= 15 is 0 Å². The van der Waals surface area contributed by atoms with E-state index in [-0.39, 0.29) is 17.5 Å². The first-order valence-corrected chi connectivity index (χ1v) is 6.77. The lowest BCUT2D eigenvalue weighted by molar-refractivity contribution is -0.119. The summed E-state index contributed by atoms with van der Waals surface area (Å²) in [6.45, 7) is 0.775. The minimum atomic E-state index is -0.406. The van der Waals surface area contributed by atoms with Crippen LogP contribution in [0.4, 0.5) is 5.69 Å². The lowest BCUT2D eigenvalue weighted by Gasteiger charge is -2.10. The van der Waals surface area contributed by atoms with Crippen LogP contribution in [0, 0.1) is 0 Å². The SMILES string of the molecule is COCCn1ncc(NCC(=O)NC2CC2)c(Cl)c1=O. The number of amides is 1. The van der Waals surface area contributed by atoms with Gasteiger partial charge in [-0.3, -0.25) is 9.59 Å². The minimum absolute atomic E-state index is 0.0234. The number of methoxy groups -OCH3 is 1. The number of ether oxygens (including phenoxy) is 1. The predicted octanol–water partition coefficient (Wildman–Crippen LogP) is 0.234. The molecule has 7 nitrogen and oxygen atoms in total. The molecule has 1 fully saturated rings. The van der Waals surface area contributed by atoms with Crippen molar-refractivity contribution in [2.75, 3.05) is 25.6 Å². The Morgan fingerprint density at radius 2 is 2.35 bits per heavy atom. The average Bonchev–Trinajstić information content (AvgIpc) is 3.23. The average molecular weight is 301 g/mol. The zero-order chi connectivity index (χ0) is 14.5. The Morgan fingerprint density at radius 1 is 1.60 bits per heavy atom. The molecule has 1 aliphatic rings. The molecule has 1 heterocycles. The molecule has 0 bridgehead atoms. The fraction of sp³-hybridized carbons (Fsp3) is 0.583. The number of hydrogen-bond acceptors (Lipinski definition) is 5. The van der Waals surface area contributed by atoms with Gasteiger partial charge in [0.1, 0.15) is 5.02 Å². The van der Waals surface area contributed by atoms with Crippen molar-refractivity contribution in [3.05, 3.63) is 21.6 Å². The van der Waals surface area contributed by atoms with Gasteiger partial charge in [0.15, 0.2) is 0 Å². The molecule has 0 radical (unpaired) electrons. The Bertz CT molecular complexity index is 542. The minimum Gasteiger partial charge on any atom is -0.383 e. The normalized spacial score (nSPS) is 14.1. The molecule has 0 spiro atoms. The van der Waals surface area contributed by atoms with Crippen molar-refractivity contribution < 1.29 is 9.53 Å². The zero-order valence-corrected chi connectivity index (χ0v) is 11.9. The standard InChI is InChI=1S/C12H17ClN4O3/c1-20-5-4-17-12(19)11(13)9(6-15-17)14-7-10(18)16-8-2-3-8/h6,8,14H,2-5,7H2,1H3,(H,16,18). The van der Waals surface area contributed by atoms with E-state index in [9.17, 15) is 9.59 Å². The largest absolute Gasteiger partial charge is 0.383 e. The summed E-state index contributed by atoms with van der Waals surface area (Å²) in [5.41, 5.74) is -0.0485. The molecule has 0 aromatic carbocycles. The predicted molar refractivity (Wildman–Crippen MR) is 75.0 cm³/mol. The number of nitrogens with one attached hydrogen (secondary N) is 2. The molecule has 20 heavy (non-hydrogen) atoms. The fourth-order valence-corrected chi connectivity index (χ4v) is 1.82. The second-order valence-corrected chi connectivity index (χ2v) is 4.97. The first kappa shape index (κ1) is 14.8. The molecule has 110 valence electrons. The molecule has 1 saturated carbocycles. The summed E-state index contributed by atoms with van der Waals surface area (Å²) >= 11 is 5.97. The van der Waals surface area contributed by atoms with Crippen LogP contribution in [-0.2, 0) is 16.1 Å². The van der Waals surface area contributed by atoms with Crippen LogP contribution in [0.1, 0.15) is 12.8 Å². The molecular formula is C12H17ClN4O3. The molecule has 0 saturated heterocycles. The monoisotopic (exact) mass is 300 g/mol. The molecule has 0 atom stereocenters. The summed E-state index contributed by atoms with van der Waals surface area (Å²) in [4.78, 5) is 23.4. The molecular weight excluding hydrogens is 284 g/mol. The van der Waals surface area contributed by atoms with E-state index in [0.717, 1.165) is 12.8 Å². The highest BCUT2D eigenvalue weighted by Crippen LogP contribution is 2.18. The molecule has 0 aliphatic heterocycles. The molecule has 1 aromatic heterocycles. The van der Waals surface area contributed by atoms with E-state index < -0.39 is 5.56 Å². The van der Waals surface area contributed by atoms with Crippen molar-refractivity contribution >= 4 is 23.2 Å². The zero-order valence-electron chi connectivity index (χ0n) is 11.2. The Kier molecular flexibility index (Phi) is 4.97. The number of anilines is 1. The Balaban J connectivity index is 1.95. The number of hydrogen-bond donors (Lipinski definition) is 2. The third kappa shape index (κ3) is 3.94. The van der Waals surface area contributed by atoms with Crippen molar-refractivity contribution in [1.29, 1.82) is 0 Å². The second kappa shape index (κ2) is 6.71. The van der Waals surface area contributed by atoms with E-state index in [1.165, 1.54) is 10.9 Å². The van der Waals surface area contributed by atoms with Crippen LogP contribution in [0.2, 0.25) is 5.02 Å². The number of rotatable bonds is 7. The lowest BCUT2D eigenvalue weighted by Crippen LogP contribution is -2.32. The van der Waals surface area contributed by atoms with Gasteiger partial charge in [-0.15, -0.1) is 0 Å². The van der Waals surface area contributed by atoms with E-state index in [0.29, 0.717) is 24.9 Å². The van der Waals surface area contributed by atoms with Gasteiger partial charge < -0.3 is 15.4 Å². The van der Waals surface area contributed by atoms with Crippen LogP contribution >= 0.6 is 11.6 Å². The smallest absolute Gasteiger partial charge is 0.287 e. The number of carbonyl (C=O) groups is 1. The summed E-state index contributed by atoms with van der Waals surface area (Å²) in [6.07, 6.45) is 3.50. The van der Waals surface area contributed by atoms with Gasteiger partial charge in [0.25, 0.3) is 5.56 Å². The number of halogens is 1. The quantitative estimate of drug-likeness (QED) is 0.753. The molecule has 1 aromatic rings. The third-order valence-corrected chi connectivity index (χ3v) is 3.24. The van der Waals surface area contributed by atoms with Gasteiger partial charge in [0.05, 0.1) is 31.6 Å². The van der Waals surface area contributed by atoms with Crippen LogP contribution in [0.5, 0.6) is 0 Å². The van der Waals surface area contributed by atoms with Crippen molar-refractivity contribution in [3.63, 3.8) is 0 Å². The maximum atomic E-state index is 11.9. The summed E-state index contributed by atoms with van der Waals surface area (Å²) in [5.74, 6) is -0.118. The topological polar surface area (TPSA) is 85.2 Å². The van der Waals surface area contributed by atoms with Gasteiger partial charge in [-0.05, 0) is 12.8 Å². The lowest BCUT2D eigenvalue weighted by atomic mass is 10.4. The summed E-state index contributed by atoms with van der Waals surface area (Å²) in [7, 11) is 1.54. The van der Waals surface area contributed by atoms with Crippen molar-refractivity contribution in [3.8, 4) is 0 Å². The Morgan fingerprint density at radius 3 is 3.00 bits per heavy atom. The second-order valence-electron chi connectivity index (χ2n) is 4.59. The molecule has 1 amide bonds. The van der Waals surface area contributed by atoms with E-state index in [4.69, 9.17) is 16.3 Å². The molecule has 1 aliphatic carbocycles. The highest BCUT2D eigenvalue weighted by atomic mass is 35.5. The van der Waals surface area contributed by atoms with Gasteiger partial charge in [-0.25, -0.2) is 4.68 Å². The fourth-order valence-electron chi connectivity index (χ4n) is 1.61. The molecule has 8 heteroatoms. The number of nitrogens with zero attached hydrogens (tertiary/aromatic N) is 2. The maximum absolute atomic E-state index is 11.9. The number of carbonyl (C=O) groups excluding carboxylic acids is 1. The highest BCUT2D eigenvalue weighted by Gasteiger charge is 2.23. The van der Waals surface area contributed by atoms with Crippen LogP contribution < -0.4 is 16.2 Å². The summed E-state index contributed by atoms with van der Waals surface area (Å²) < 4.78 is 6.10. The molecule has 2 rings (SSSR count). The van der Waals surface area contributed by atoms with E-state index in [2.05, 4.69) is 15.7 Å².